The molecule has 0 unspecified atom stereocenters. The van der Waals surface area contributed by atoms with Gasteiger partial charge in [-0.25, -0.2) is 4.98 Å². The van der Waals surface area contributed by atoms with Gasteiger partial charge in [0.25, 0.3) is 0 Å². The highest BCUT2D eigenvalue weighted by Gasteiger charge is 2.28. The van der Waals surface area contributed by atoms with Crippen LogP contribution in [0.5, 0.6) is 0 Å². The van der Waals surface area contributed by atoms with E-state index < -0.39 is 0 Å². The Hall–Kier alpha value is -1.09. The largest absolute Gasteiger partial charge is 0.356 e. The van der Waals surface area contributed by atoms with E-state index in [1.807, 2.05) is 0 Å². The maximum Gasteiger partial charge on any atom is 0.133 e. The van der Waals surface area contributed by atoms with Gasteiger partial charge >= 0.3 is 0 Å². The monoisotopic (exact) mass is 289 g/mol. The summed E-state index contributed by atoms with van der Waals surface area (Å²) < 4.78 is 0. The van der Waals surface area contributed by atoms with Gasteiger partial charge in [0.1, 0.15) is 5.82 Å². The lowest BCUT2D eigenvalue weighted by atomic mass is 9.84. The van der Waals surface area contributed by atoms with Gasteiger partial charge in [0.05, 0.1) is 0 Å². The van der Waals surface area contributed by atoms with Crippen LogP contribution in [-0.2, 0) is 6.54 Å². The molecule has 0 aromatic carbocycles. The summed E-state index contributed by atoms with van der Waals surface area (Å²) in [5.74, 6) is 1.21. The summed E-state index contributed by atoms with van der Waals surface area (Å²) in [6.07, 6.45) is 3.76. The predicted octanol–water partition coefficient (Wildman–Crippen LogP) is 3.82. The van der Waals surface area contributed by atoms with Gasteiger partial charge in [0.15, 0.2) is 0 Å². The van der Waals surface area contributed by atoms with E-state index in [1.54, 1.807) is 0 Å². The second-order valence-electron chi connectivity index (χ2n) is 7.25. The maximum absolute atomic E-state index is 4.89. The minimum absolute atomic E-state index is 0.395. The summed E-state index contributed by atoms with van der Waals surface area (Å²) in [7, 11) is 0. The Morgan fingerprint density at radius 2 is 2.10 bits per heavy atom. The Morgan fingerprint density at radius 1 is 1.33 bits per heavy atom. The topological polar surface area (TPSA) is 28.2 Å². The Balaban J connectivity index is 2.27. The Morgan fingerprint density at radius 3 is 2.76 bits per heavy atom. The molecule has 0 aliphatic carbocycles. The van der Waals surface area contributed by atoms with E-state index in [9.17, 15) is 0 Å². The molecule has 0 saturated carbocycles. The Labute approximate surface area is 130 Å². The number of aryl methyl sites for hydroxylation is 2. The van der Waals surface area contributed by atoms with Gasteiger partial charge in [-0.2, -0.15) is 0 Å². The van der Waals surface area contributed by atoms with Gasteiger partial charge in [-0.05, 0) is 56.7 Å². The number of nitrogens with zero attached hydrogens (tertiary/aromatic N) is 2. The Kier molecular flexibility index (Phi) is 5.26. The summed E-state index contributed by atoms with van der Waals surface area (Å²) in [5.41, 5.74) is 4.27. The van der Waals surface area contributed by atoms with Crippen molar-refractivity contribution < 1.29 is 0 Å². The average molecular weight is 289 g/mol. The van der Waals surface area contributed by atoms with E-state index in [2.05, 4.69) is 50.9 Å². The van der Waals surface area contributed by atoms with Crippen molar-refractivity contribution in [2.45, 2.75) is 60.4 Å². The molecule has 0 radical (unpaired) electrons. The highest BCUT2D eigenvalue weighted by atomic mass is 15.2. The number of pyridine rings is 1. The van der Waals surface area contributed by atoms with Gasteiger partial charge in [-0.1, -0.05) is 20.8 Å². The molecule has 1 aliphatic rings. The summed E-state index contributed by atoms with van der Waals surface area (Å²) in [4.78, 5) is 7.39. The van der Waals surface area contributed by atoms with Crippen molar-refractivity contribution in [2.24, 2.45) is 5.41 Å². The van der Waals surface area contributed by atoms with Crippen molar-refractivity contribution in [1.29, 1.82) is 0 Å². The molecule has 1 fully saturated rings. The maximum atomic E-state index is 4.89. The molecule has 0 atom stereocenters. The molecule has 1 saturated heterocycles. The number of piperidine rings is 1. The van der Waals surface area contributed by atoms with Gasteiger partial charge < -0.3 is 10.2 Å². The van der Waals surface area contributed by atoms with E-state index in [4.69, 9.17) is 4.98 Å². The molecule has 0 bridgehead atoms. The zero-order chi connectivity index (χ0) is 15.5. The quantitative estimate of drug-likeness (QED) is 0.835. The molecular formula is C18H31N3. The zero-order valence-corrected chi connectivity index (χ0v) is 14.4. The van der Waals surface area contributed by atoms with Gasteiger partial charge in [0, 0.05) is 30.9 Å². The molecule has 3 heteroatoms. The summed E-state index contributed by atoms with van der Waals surface area (Å²) in [6, 6.07) is 2.21. The van der Waals surface area contributed by atoms with Crippen molar-refractivity contribution in [2.75, 3.05) is 24.5 Å². The molecule has 21 heavy (non-hydrogen) atoms. The van der Waals surface area contributed by atoms with Crippen molar-refractivity contribution in [3.05, 3.63) is 22.9 Å². The minimum Gasteiger partial charge on any atom is -0.356 e. The minimum atomic E-state index is 0.395. The molecule has 3 nitrogen and oxygen atoms in total. The summed E-state index contributed by atoms with van der Waals surface area (Å²) in [5, 5.41) is 3.55. The fourth-order valence-electron chi connectivity index (χ4n) is 3.32. The molecule has 118 valence electrons. The fraction of sp³-hybridized carbons (Fsp3) is 0.722. The van der Waals surface area contributed by atoms with Crippen LogP contribution in [0.25, 0.3) is 0 Å². The van der Waals surface area contributed by atoms with Crippen LogP contribution >= 0.6 is 0 Å². The van der Waals surface area contributed by atoms with Gasteiger partial charge in [0.2, 0.25) is 0 Å². The lowest BCUT2D eigenvalue weighted by Gasteiger charge is -2.39. The number of aromatic nitrogens is 1. The lowest BCUT2D eigenvalue weighted by molar-refractivity contribution is 0.291. The van der Waals surface area contributed by atoms with Gasteiger partial charge in [-0.15, -0.1) is 0 Å². The fourth-order valence-corrected chi connectivity index (χ4v) is 3.32. The molecule has 1 aromatic rings. The van der Waals surface area contributed by atoms with Crippen molar-refractivity contribution in [1.82, 2.24) is 10.3 Å². The summed E-state index contributed by atoms with van der Waals surface area (Å²) >= 11 is 0. The van der Waals surface area contributed by atoms with Crippen LogP contribution in [0.2, 0.25) is 0 Å². The highest BCUT2D eigenvalue weighted by molar-refractivity contribution is 5.52. The first-order valence-corrected chi connectivity index (χ1v) is 8.36. The van der Waals surface area contributed by atoms with Crippen LogP contribution in [0, 0.1) is 19.3 Å². The third kappa shape index (κ3) is 4.19. The predicted molar refractivity (Wildman–Crippen MR) is 90.9 cm³/mol. The molecule has 1 aliphatic heterocycles. The van der Waals surface area contributed by atoms with Crippen LogP contribution < -0.4 is 10.2 Å². The van der Waals surface area contributed by atoms with E-state index in [0.717, 1.165) is 31.9 Å². The first kappa shape index (κ1) is 16.3. The number of hydrogen-bond acceptors (Lipinski definition) is 3. The third-order valence-corrected chi connectivity index (χ3v) is 4.38. The molecule has 1 N–H and O–H groups in total. The first-order chi connectivity index (χ1) is 9.93. The molecule has 0 spiro atoms. The third-order valence-electron chi connectivity index (χ3n) is 4.38. The van der Waals surface area contributed by atoms with Crippen molar-refractivity contribution in [3.8, 4) is 0 Å². The van der Waals surface area contributed by atoms with E-state index in [0.29, 0.717) is 5.41 Å². The zero-order valence-electron chi connectivity index (χ0n) is 14.4. The van der Waals surface area contributed by atoms with E-state index >= 15 is 0 Å². The lowest BCUT2D eigenvalue weighted by Crippen LogP contribution is -2.41. The van der Waals surface area contributed by atoms with Crippen LogP contribution in [-0.4, -0.2) is 24.6 Å². The number of anilines is 1. The van der Waals surface area contributed by atoms with Crippen LogP contribution in [0.1, 0.15) is 56.9 Å². The molecular weight excluding hydrogens is 258 g/mol. The molecule has 0 amide bonds. The molecule has 1 aromatic heterocycles. The number of hydrogen-bond donors (Lipinski definition) is 1. The van der Waals surface area contributed by atoms with Crippen molar-refractivity contribution >= 4 is 5.82 Å². The van der Waals surface area contributed by atoms with Gasteiger partial charge in [-0.3, -0.25) is 0 Å². The smallest absolute Gasteiger partial charge is 0.133 e. The second-order valence-corrected chi connectivity index (χ2v) is 7.25. The second kappa shape index (κ2) is 6.78. The average Bonchev–Trinajstić information content (AvgIpc) is 2.39. The van der Waals surface area contributed by atoms with Crippen LogP contribution in [0.4, 0.5) is 5.82 Å². The number of nitrogens with one attached hydrogen (secondary N) is 1. The molecule has 2 rings (SSSR count). The first-order valence-electron chi connectivity index (χ1n) is 8.36. The summed E-state index contributed by atoms with van der Waals surface area (Å²) in [6.45, 7) is 15.5. The highest BCUT2D eigenvalue weighted by Crippen LogP contribution is 2.33. The van der Waals surface area contributed by atoms with Crippen molar-refractivity contribution in [3.63, 3.8) is 0 Å². The normalized spacial score (nSPS) is 18.0. The van der Waals surface area contributed by atoms with Crippen LogP contribution in [0.3, 0.4) is 0 Å². The molecule has 2 heterocycles. The van der Waals surface area contributed by atoms with Crippen LogP contribution in [0.15, 0.2) is 6.07 Å². The Bertz CT molecular complexity index is 480. The van der Waals surface area contributed by atoms with E-state index in [1.165, 1.54) is 36.2 Å². The van der Waals surface area contributed by atoms with E-state index in [-0.39, 0.29) is 0 Å². The standard InChI is InChI=1S/C18H31N3/c1-6-9-19-12-16-14(2)11-15(3)20-17(16)21-10-7-8-18(4,5)13-21/h11,19H,6-10,12-13H2,1-5H3. The number of rotatable bonds is 5. The SMILES string of the molecule is CCCNCc1c(C)cc(C)nc1N1CCCC(C)(C)C1.